The smallest absolute Gasteiger partial charge is 0.214 e. The minimum Gasteiger partial charge on any atom is -0.399 e. The summed E-state index contributed by atoms with van der Waals surface area (Å²) in [5.41, 5.74) is 7.22. The Labute approximate surface area is 109 Å². The molecule has 1 aromatic carbocycles. The second-order valence-corrected chi connectivity index (χ2v) is 6.92. The summed E-state index contributed by atoms with van der Waals surface area (Å²) in [6.07, 6.45) is 4.76. The third-order valence-corrected chi connectivity index (χ3v) is 5.32. The van der Waals surface area contributed by atoms with Crippen LogP contribution >= 0.6 is 0 Å². The van der Waals surface area contributed by atoms with Gasteiger partial charge in [0.1, 0.15) is 0 Å². The normalized spacial score (nSPS) is 17.8. The van der Waals surface area contributed by atoms with E-state index < -0.39 is 10.0 Å². The van der Waals surface area contributed by atoms with Gasteiger partial charge in [-0.05, 0) is 30.5 Å². The highest BCUT2D eigenvalue weighted by Gasteiger charge is 2.26. The molecular weight excluding hydrogens is 248 g/mol. The van der Waals surface area contributed by atoms with E-state index in [1.807, 2.05) is 12.1 Å². The van der Waals surface area contributed by atoms with Gasteiger partial charge in [-0.2, -0.15) is 0 Å². The third-order valence-electron chi connectivity index (χ3n) is 3.42. The molecule has 2 rings (SSSR count). The fourth-order valence-electron chi connectivity index (χ4n) is 2.38. The van der Waals surface area contributed by atoms with E-state index >= 15 is 0 Å². The Morgan fingerprint density at radius 1 is 1.22 bits per heavy atom. The molecule has 0 saturated heterocycles. The summed E-state index contributed by atoms with van der Waals surface area (Å²) in [4.78, 5) is 0. The summed E-state index contributed by atoms with van der Waals surface area (Å²) >= 11 is 0. The lowest BCUT2D eigenvalue weighted by atomic mass is 10.0. The van der Waals surface area contributed by atoms with Crippen LogP contribution in [0.3, 0.4) is 0 Å². The number of benzene rings is 1. The number of sulfonamides is 1. The number of hydrogen-bond donors (Lipinski definition) is 2. The van der Waals surface area contributed by atoms with Crippen LogP contribution in [0.5, 0.6) is 0 Å². The molecule has 0 amide bonds. The summed E-state index contributed by atoms with van der Waals surface area (Å²) in [6.45, 7) is 0.323. The van der Waals surface area contributed by atoms with E-state index in [1.54, 1.807) is 12.1 Å². The molecule has 0 bridgehead atoms. The molecule has 1 aliphatic rings. The van der Waals surface area contributed by atoms with Crippen molar-refractivity contribution in [3.8, 4) is 0 Å². The van der Waals surface area contributed by atoms with Gasteiger partial charge in [-0.1, -0.05) is 31.4 Å². The Morgan fingerprint density at radius 3 is 2.61 bits per heavy atom. The van der Waals surface area contributed by atoms with Gasteiger partial charge in [0.25, 0.3) is 0 Å². The molecule has 0 heterocycles. The Balaban J connectivity index is 1.96. The molecule has 0 atom stereocenters. The van der Waals surface area contributed by atoms with Gasteiger partial charge >= 0.3 is 0 Å². The van der Waals surface area contributed by atoms with Gasteiger partial charge in [0.15, 0.2) is 0 Å². The fraction of sp³-hybridized carbons (Fsp3) is 0.538. The minimum absolute atomic E-state index is 0.215. The zero-order valence-corrected chi connectivity index (χ0v) is 11.2. The molecule has 1 aromatic rings. The second-order valence-electron chi connectivity index (χ2n) is 4.87. The van der Waals surface area contributed by atoms with Gasteiger partial charge in [-0.3, -0.25) is 0 Å². The first kappa shape index (κ1) is 13.4. The maximum atomic E-state index is 12.1. The predicted molar refractivity (Wildman–Crippen MR) is 73.5 cm³/mol. The average molecular weight is 268 g/mol. The van der Waals surface area contributed by atoms with Crippen molar-refractivity contribution in [3.63, 3.8) is 0 Å². The lowest BCUT2D eigenvalue weighted by Crippen LogP contribution is -2.35. The summed E-state index contributed by atoms with van der Waals surface area (Å²) in [5.74, 6) is 0. The van der Waals surface area contributed by atoms with Crippen LogP contribution in [-0.4, -0.2) is 13.7 Å². The Hall–Kier alpha value is -1.07. The van der Waals surface area contributed by atoms with Gasteiger partial charge in [-0.25, -0.2) is 13.1 Å². The second kappa shape index (κ2) is 5.71. The predicted octanol–water partition coefficient (Wildman–Crippen LogP) is 2.02. The van der Waals surface area contributed by atoms with Crippen molar-refractivity contribution >= 4 is 15.7 Å². The molecule has 100 valence electrons. The van der Waals surface area contributed by atoms with Crippen LogP contribution in [0, 0.1) is 0 Å². The summed E-state index contributed by atoms with van der Waals surface area (Å²) < 4.78 is 26.9. The van der Waals surface area contributed by atoms with Crippen molar-refractivity contribution in [2.45, 2.75) is 43.9 Å². The summed E-state index contributed by atoms with van der Waals surface area (Å²) in [6, 6.07) is 7.29. The van der Waals surface area contributed by atoms with Crippen molar-refractivity contribution in [3.05, 3.63) is 29.8 Å². The number of hydrogen-bond acceptors (Lipinski definition) is 3. The van der Waals surface area contributed by atoms with Gasteiger partial charge < -0.3 is 5.73 Å². The lowest BCUT2D eigenvalue weighted by Gasteiger charge is -2.22. The van der Waals surface area contributed by atoms with E-state index in [0.29, 0.717) is 12.2 Å². The first-order chi connectivity index (χ1) is 8.58. The molecule has 5 heteroatoms. The van der Waals surface area contributed by atoms with Gasteiger partial charge in [0.2, 0.25) is 10.0 Å². The van der Waals surface area contributed by atoms with Gasteiger partial charge in [0.05, 0.1) is 5.25 Å². The maximum absolute atomic E-state index is 12.1. The molecule has 0 unspecified atom stereocenters. The molecule has 0 spiro atoms. The van der Waals surface area contributed by atoms with E-state index in [-0.39, 0.29) is 5.25 Å². The molecule has 18 heavy (non-hydrogen) atoms. The highest BCUT2D eigenvalue weighted by Crippen LogP contribution is 2.23. The zero-order chi connectivity index (χ0) is 13.0. The first-order valence-electron chi connectivity index (χ1n) is 6.41. The van der Waals surface area contributed by atoms with E-state index in [4.69, 9.17) is 5.73 Å². The van der Waals surface area contributed by atoms with Crippen molar-refractivity contribution in [1.29, 1.82) is 0 Å². The molecule has 4 nitrogen and oxygen atoms in total. The fourth-order valence-corrected chi connectivity index (χ4v) is 3.94. The average Bonchev–Trinajstić information content (AvgIpc) is 2.38. The summed E-state index contributed by atoms with van der Waals surface area (Å²) in [5, 5.41) is -0.215. The monoisotopic (exact) mass is 268 g/mol. The molecule has 0 radical (unpaired) electrons. The first-order valence-corrected chi connectivity index (χ1v) is 7.95. The quantitative estimate of drug-likeness (QED) is 0.821. The van der Waals surface area contributed by atoms with Crippen LogP contribution in [0.2, 0.25) is 0 Å². The molecule has 1 fully saturated rings. The van der Waals surface area contributed by atoms with Gasteiger partial charge in [-0.15, -0.1) is 0 Å². The SMILES string of the molecule is Nc1cccc(CNS(=O)(=O)C2CCCCC2)c1. The van der Waals surface area contributed by atoms with E-state index in [1.165, 1.54) is 0 Å². The van der Waals surface area contributed by atoms with Crippen LogP contribution in [0.25, 0.3) is 0 Å². The number of rotatable bonds is 4. The third kappa shape index (κ3) is 3.46. The maximum Gasteiger partial charge on any atom is 0.214 e. The van der Waals surface area contributed by atoms with E-state index in [2.05, 4.69) is 4.72 Å². The zero-order valence-electron chi connectivity index (χ0n) is 10.4. The van der Waals surface area contributed by atoms with Crippen LogP contribution in [0.15, 0.2) is 24.3 Å². The van der Waals surface area contributed by atoms with Gasteiger partial charge in [0, 0.05) is 12.2 Å². The number of nitrogens with two attached hydrogens (primary N) is 1. The van der Waals surface area contributed by atoms with Crippen LogP contribution in [-0.2, 0) is 16.6 Å². The molecule has 0 aliphatic heterocycles. The molecule has 0 aromatic heterocycles. The topological polar surface area (TPSA) is 72.2 Å². The van der Waals surface area contributed by atoms with E-state index in [9.17, 15) is 8.42 Å². The standard InChI is InChI=1S/C13H20N2O2S/c14-12-6-4-5-11(9-12)10-15-18(16,17)13-7-2-1-3-8-13/h4-6,9,13,15H,1-3,7-8,10,14H2. The van der Waals surface area contributed by atoms with Crippen LogP contribution in [0.1, 0.15) is 37.7 Å². The minimum atomic E-state index is -3.19. The molecule has 3 N–H and O–H groups in total. The highest BCUT2D eigenvalue weighted by atomic mass is 32.2. The van der Waals surface area contributed by atoms with Crippen LogP contribution in [0.4, 0.5) is 5.69 Å². The molecule has 1 saturated carbocycles. The largest absolute Gasteiger partial charge is 0.399 e. The Kier molecular flexibility index (Phi) is 4.24. The van der Waals surface area contributed by atoms with Crippen molar-refractivity contribution in [2.75, 3.05) is 5.73 Å². The number of anilines is 1. The Bertz CT molecular complexity index is 493. The molecular formula is C13H20N2O2S. The van der Waals surface area contributed by atoms with Crippen molar-refractivity contribution in [1.82, 2.24) is 4.72 Å². The number of nitrogen functional groups attached to an aromatic ring is 1. The lowest BCUT2D eigenvalue weighted by molar-refractivity contribution is 0.477. The van der Waals surface area contributed by atoms with Crippen molar-refractivity contribution in [2.24, 2.45) is 0 Å². The number of nitrogens with one attached hydrogen (secondary N) is 1. The van der Waals surface area contributed by atoms with Crippen LogP contribution < -0.4 is 10.5 Å². The molecule has 1 aliphatic carbocycles. The highest BCUT2D eigenvalue weighted by molar-refractivity contribution is 7.90. The summed E-state index contributed by atoms with van der Waals surface area (Å²) in [7, 11) is -3.19. The van der Waals surface area contributed by atoms with Crippen molar-refractivity contribution < 1.29 is 8.42 Å². The van der Waals surface area contributed by atoms with E-state index in [0.717, 1.165) is 37.7 Å². The Morgan fingerprint density at radius 2 is 1.94 bits per heavy atom.